The lowest BCUT2D eigenvalue weighted by atomic mass is 10.5. The highest BCUT2D eigenvalue weighted by Crippen LogP contribution is 1.57. The smallest absolute Gasteiger partial charge is 0.145 e. The Balaban J connectivity index is 2.82. The van der Waals surface area contributed by atoms with Gasteiger partial charge in [-0.1, -0.05) is 0 Å². The van der Waals surface area contributed by atoms with Crippen molar-refractivity contribution in [1.29, 1.82) is 0 Å². The first kappa shape index (κ1) is 6.55. The maximum atomic E-state index is 9.99. The molecule has 0 aromatic rings. The monoisotopic (exact) mass is 104 g/mol. The number of ketones is 1. The van der Waals surface area contributed by atoms with Gasteiger partial charge >= 0.3 is 0 Å². The number of carbonyl (C=O) groups excluding carboxylic acids is 1. The zero-order valence-corrected chi connectivity index (χ0v) is 4.06. The van der Waals surface area contributed by atoms with Crippen LogP contribution in [0.1, 0.15) is 6.92 Å². The summed E-state index contributed by atoms with van der Waals surface area (Å²) in [5.74, 6) is -0.0263. The summed E-state index contributed by atoms with van der Waals surface area (Å²) in [6, 6.07) is 0. The zero-order chi connectivity index (χ0) is 5.70. The number of carbonyl (C=O) groups is 1. The number of Topliss-reactive ketones (excluding diaryl/α,β-unsaturated/α-hetero) is 1. The Morgan fingerprint density at radius 1 is 1.86 bits per heavy atom. The van der Waals surface area contributed by atoms with Crippen LogP contribution in [0.2, 0.25) is 0 Å². The van der Waals surface area contributed by atoms with Crippen molar-refractivity contribution in [2.45, 2.75) is 6.92 Å². The third kappa shape index (κ3) is 5.55. The molecule has 0 unspecified atom stereocenters. The van der Waals surface area contributed by atoms with Crippen molar-refractivity contribution in [3.63, 3.8) is 0 Å². The standard InChI is InChI=1S/C3H8N2O2/c1-3(6)2-4-5-7/h4-5,7H,2H2,1H3. The molecule has 0 fully saturated rings. The molecule has 0 saturated carbocycles. The summed E-state index contributed by atoms with van der Waals surface area (Å²) < 4.78 is 0. The van der Waals surface area contributed by atoms with Crippen LogP contribution in [0, 0.1) is 0 Å². The van der Waals surface area contributed by atoms with Crippen LogP contribution in [-0.2, 0) is 4.79 Å². The second kappa shape index (κ2) is 3.73. The topological polar surface area (TPSA) is 61.4 Å². The Labute approximate surface area is 41.4 Å². The number of nitrogens with one attached hydrogen (secondary N) is 2. The number of rotatable bonds is 3. The molecule has 0 aromatic heterocycles. The van der Waals surface area contributed by atoms with Gasteiger partial charge in [0.15, 0.2) is 0 Å². The molecule has 4 nitrogen and oxygen atoms in total. The average molecular weight is 104 g/mol. The van der Waals surface area contributed by atoms with Crippen molar-refractivity contribution in [3.05, 3.63) is 0 Å². The predicted molar refractivity (Wildman–Crippen MR) is 23.6 cm³/mol. The SMILES string of the molecule is CC(=O)CNNO. The molecule has 0 amide bonds. The fourth-order valence-electron chi connectivity index (χ4n) is 0.164. The molecule has 0 heterocycles. The van der Waals surface area contributed by atoms with Crippen LogP contribution in [0.15, 0.2) is 0 Å². The molecular formula is C3H8N2O2. The van der Waals surface area contributed by atoms with Gasteiger partial charge in [-0.3, -0.25) is 4.79 Å². The molecule has 0 atom stereocenters. The van der Waals surface area contributed by atoms with Gasteiger partial charge in [0.25, 0.3) is 0 Å². The highest BCUT2D eigenvalue weighted by Gasteiger charge is 1.85. The van der Waals surface area contributed by atoms with E-state index in [-0.39, 0.29) is 12.3 Å². The van der Waals surface area contributed by atoms with Gasteiger partial charge < -0.3 is 5.21 Å². The van der Waals surface area contributed by atoms with Crippen LogP contribution in [-0.4, -0.2) is 17.5 Å². The lowest BCUT2D eigenvalue weighted by molar-refractivity contribution is -0.116. The first-order chi connectivity index (χ1) is 3.27. The Hall–Kier alpha value is -0.450. The van der Waals surface area contributed by atoms with Crippen molar-refractivity contribution in [2.24, 2.45) is 0 Å². The van der Waals surface area contributed by atoms with Gasteiger partial charge in [-0.25, -0.2) is 5.43 Å². The van der Waals surface area contributed by atoms with E-state index in [1.807, 2.05) is 0 Å². The van der Waals surface area contributed by atoms with Crippen LogP contribution in [0.5, 0.6) is 0 Å². The highest BCUT2D eigenvalue weighted by molar-refractivity contribution is 5.77. The van der Waals surface area contributed by atoms with E-state index in [2.05, 4.69) is 5.43 Å². The second-order valence-corrected chi connectivity index (χ2v) is 1.17. The molecule has 4 heteroatoms. The summed E-state index contributed by atoms with van der Waals surface area (Å²) in [6.45, 7) is 1.57. The molecule has 42 valence electrons. The van der Waals surface area contributed by atoms with Crippen molar-refractivity contribution in [2.75, 3.05) is 6.54 Å². The summed E-state index contributed by atoms with van der Waals surface area (Å²) in [4.78, 5) is 9.99. The summed E-state index contributed by atoms with van der Waals surface area (Å²) in [5, 5.41) is 7.80. The van der Waals surface area contributed by atoms with Gasteiger partial charge in [-0.15, -0.1) is 5.59 Å². The fraction of sp³-hybridized carbons (Fsp3) is 0.667. The quantitative estimate of drug-likeness (QED) is 0.404. The molecule has 0 rings (SSSR count). The van der Waals surface area contributed by atoms with Crippen molar-refractivity contribution < 1.29 is 10.0 Å². The lowest BCUT2D eigenvalue weighted by Gasteiger charge is -1.92. The molecule has 7 heavy (non-hydrogen) atoms. The first-order valence-electron chi connectivity index (χ1n) is 1.88. The van der Waals surface area contributed by atoms with Crippen LogP contribution < -0.4 is 11.0 Å². The van der Waals surface area contributed by atoms with Crippen LogP contribution >= 0.6 is 0 Å². The van der Waals surface area contributed by atoms with Crippen molar-refractivity contribution in [1.82, 2.24) is 11.0 Å². The summed E-state index contributed by atoms with van der Waals surface area (Å²) >= 11 is 0. The largest absolute Gasteiger partial charge is 0.302 e. The molecule has 0 aliphatic rings. The lowest BCUT2D eigenvalue weighted by Crippen LogP contribution is -2.32. The van der Waals surface area contributed by atoms with E-state index in [9.17, 15) is 4.79 Å². The fourth-order valence-corrected chi connectivity index (χ4v) is 0.164. The van der Waals surface area contributed by atoms with E-state index in [0.717, 1.165) is 0 Å². The minimum Gasteiger partial charge on any atom is -0.302 e. The molecule has 0 aliphatic heterocycles. The summed E-state index contributed by atoms with van der Waals surface area (Å²) in [6.07, 6.45) is 0. The Morgan fingerprint density at radius 3 is 2.57 bits per heavy atom. The molecule has 3 N–H and O–H groups in total. The van der Waals surface area contributed by atoms with E-state index < -0.39 is 0 Å². The van der Waals surface area contributed by atoms with Gasteiger partial charge in [-0.05, 0) is 6.92 Å². The maximum Gasteiger partial charge on any atom is 0.145 e. The third-order valence-electron chi connectivity index (χ3n) is 0.416. The van der Waals surface area contributed by atoms with Gasteiger partial charge in [-0.2, -0.15) is 0 Å². The van der Waals surface area contributed by atoms with E-state index in [0.29, 0.717) is 0 Å². The minimum absolute atomic E-state index is 0.0263. The van der Waals surface area contributed by atoms with Crippen LogP contribution in [0.4, 0.5) is 0 Å². The maximum absolute atomic E-state index is 9.99. The summed E-state index contributed by atoms with van der Waals surface area (Å²) in [7, 11) is 0. The van der Waals surface area contributed by atoms with Gasteiger partial charge in [0.05, 0.1) is 6.54 Å². The van der Waals surface area contributed by atoms with Crippen molar-refractivity contribution in [3.8, 4) is 0 Å². The highest BCUT2D eigenvalue weighted by atomic mass is 16.5. The van der Waals surface area contributed by atoms with Crippen LogP contribution in [0.3, 0.4) is 0 Å². The molecule has 0 aromatic carbocycles. The Kier molecular flexibility index (Phi) is 3.49. The van der Waals surface area contributed by atoms with E-state index in [1.165, 1.54) is 6.92 Å². The number of hydrazine groups is 1. The van der Waals surface area contributed by atoms with Crippen LogP contribution in [0.25, 0.3) is 0 Å². The zero-order valence-electron chi connectivity index (χ0n) is 4.06. The predicted octanol–water partition coefficient (Wildman–Crippen LogP) is -0.941. The number of hydrogen-bond acceptors (Lipinski definition) is 4. The van der Waals surface area contributed by atoms with E-state index >= 15 is 0 Å². The minimum atomic E-state index is -0.0263. The van der Waals surface area contributed by atoms with Gasteiger partial charge in [0.1, 0.15) is 5.78 Å². The number of hydrogen-bond donors (Lipinski definition) is 3. The normalized spacial score (nSPS) is 8.86. The molecule has 0 aliphatic carbocycles. The molecule has 0 spiro atoms. The van der Waals surface area contributed by atoms with E-state index in [1.54, 1.807) is 5.59 Å². The van der Waals surface area contributed by atoms with Gasteiger partial charge in [0.2, 0.25) is 0 Å². The third-order valence-corrected chi connectivity index (χ3v) is 0.416. The second-order valence-electron chi connectivity index (χ2n) is 1.17. The molecular weight excluding hydrogens is 96.0 g/mol. The Morgan fingerprint density at radius 2 is 2.43 bits per heavy atom. The Bertz CT molecular complexity index is 64.0. The van der Waals surface area contributed by atoms with E-state index in [4.69, 9.17) is 5.21 Å². The van der Waals surface area contributed by atoms with Gasteiger partial charge in [0, 0.05) is 0 Å². The van der Waals surface area contributed by atoms with Crippen molar-refractivity contribution >= 4 is 5.78 Å². The molecule has 0 saturated heterocycles. The molecule has 0 bridgehead atoms. The first-order valence-corrected chi connectivity index (χ1v) is 1.88. The summed E-state index contributed by atoms with van der Waals surface area (Å²) in [5.41, 5.74) is 3.83. The molecule has 0 radical (unpaired) electrons. The average Bonchev–Trinajstić information content (AvgIpc) is 1.61.